The molecule has 0 saturated carbocycles. The number of rotatable bonds is 5. The highest BCUT2D eigenvalue weighted by atomic mass is 35.5. The van der Waals surface area contributed by atoms with Gasteiger partial charge in [-0.3, -0.25) is 0 Å². The van der Waals surface area contributed by atoms with E-state index in [0.717, 1.165) is 33.4 Å². The number of halogens is 2. The lowest BCUT2D eigenvalue weighted by Crippen LogP contribution is -2.17. The molecular weight excluding hydrogens is 303 g/mol. The summed E-state index contributed by atoms with van der Waals surface area (Å²) < 4.78 is 0. The lowest BCUT2D eigenvalue weighted by atomic mass is 10.1. The highest BCUT2D eigenvalue weighted by molar-refractivity contribution is 6.32. The second-order valence-electron chi connectivity index (χ2n) is 5.16. The van der Waals surface area contributed by atoms with Gasteiger partial charge in [-0.1, -0.05) is 47.5 Å². The SMILES string of the molecule is CNC(C)c1ccc(N(C)Cc2ccccc2Cl)cc1Cl. The summed E-state index contributed by atoms with van der Waals surface area (Å²) in [5.41, 5.74) is 3.28. The van der Waals surface area contributed by atoms with Crippen LogP contribution >= 0.6 is 23.2 Å². The van der Waals surface area contributed by atoms with Gasteiger partial charge < -0.3 is 10.2 Å². The molecule has 0 amide bonds. The molecule has 1 atom stereocenters. The van der Waals surface area contributed by atoms with Crippen molar-refractivity contribution in [1.82, 2.24) is 5.32 Å². The van der Waals surface area contributed by atoms with Crippen molar-refractivity contribution in [3.63, 3.8) is 0 Å². The van der Waals surface area contributed by atoms with Gasteiger partial charge in [-0.15, -0.1) is 0 Å². The second kappa shape index (κ2) is 7.17. The molecule has 4 heteroatoms. The van der Waals surface area contributed by atoms with Gasteiger partial charge in [0.2, 0.25) is 0 Å². The van der Waals surface area contributed by atoms with Crippen molar-refractivity contribution < 1.29 is 0 Å². The first-order valence-electron chi connectivity index (χ1n) is 6.94. The molecule has 0 spiro atoms. The van der Waals surface area contributed by atoms with E-state index in [2.05, 4.69) is 29.3 Å². The number of nitrogens with zero attached hydrogens (tertiary/aromatic N) is 1. The van der Waals surface area contributed by atoms with Crippen molar-refractivity contribution in [3.8, 4) is 0 Å². The van der Waals surface area contributed by atoms with Gasteiger partial charge in [0.15, 0.2) is 0 Å². The Morgan fingerprint density at radius 1 is 1.10 bits per heavy atom. The highest BCUT2D eigenvalue weighted by Gasteiger charge is 2.11. The predicted octanol–water partition coefficient (Wildman–Crippen LogP) is 4.91. The third kappa shape index (κ3) is 3.91. The second-order valence-corrected chi connectivity index (χ2v) is 5.98. The zero-order valence-corrected chi connectivity index (χ0v) is 14.0. The van der Waals surface area contributed by atoms with Crippen LogP contribution in [-0.2, 0) is 6.54 Å². The molecular formula is C17H20Cl2N2. The molecule has 0 aromatic heterocycles. The number of nitrogens with one attached hydrogen (secondary N) is 1. The van der Waals surface area contributed by atoms with E-state index in [1.54, 1.807) is 0 Å². The summed E-state index contributed by atoms with van der Waals surface area (Å²) in [4.78, 5) is 2.14. The van der Waals surface area contributed by atoms with E-state index in [4.69, 9.17) is 23.2 Å². The van der Waals surface area contributed by atoms with Crippen molar-refractivity contribution in [2.45, 2.75) is 19.5 Å². The zero-order chi connectivity index (χ0) is 15.4. The van der Waals surface area contributed by atoms with Gasteiger partial charge in [0.1, 0.15) is 0 Å². The first-order valence-corrected chi connectivity index (χ1v) is 7.69. The van der Waals surface area contributed by atoms with Gasteiger partial charge in [-0.25, -0.2) is 0 Å². The molecule has 0 saturated heterocycles. The van der Waals surface area contributed by atoms with Crippen molar-refractivity contribution in [2.75, 3.05) is 19.0 Å². The van der Waals surface area contributed by atoms with Crippen molar-refractivity contribution in [1.29, 1.82) is 0 Å². The highest BCUT2D eigenvalue weighted by Crippen LogP contribution is 2.28. The summed E-state index contributed by atoms with van der Waals surface area (Å²) in [5, 5.41) is 4.77. The average Bonchev–Trinajstić information content (AvgIpc) is 2.48. The molecule has 21 heavy (non-hydrogen) atoms. The average molecular weight is 323 g/mol. The molecule has 0 aliphatic heterocycles. The third-order valence-corrected chi connectivity index (χ3v) is 4.39. The Morgan fingerprint density at radius 2 is 1.81 bits per heavy atom. The Hall–Kier alpha value is -1.22. The minimum atomic E-state index is 0.237. The van der Waals surface area contributed by atoms with Gasteiger partial charge >= 0.3 is 0 Å². The molecule has 0 fully saturated rings. The maximum absolute atomic E-state index is 6.39. The quantitative estimate of drug-likeness (QED) is 0.841. The summed E-state index contributed by atoms with van der Waals surface area (Å²) in [7, 11) is 3.97. The largest absolute Gasteiger partial charge is 0.370 e. The van der Waals surface area contributed by atoms with Crippen LogP contribution in [0.5, 0.6) is 0 Å². The predicted molar refractivity (Wildman–Crippen MR) is 92.5 cm³/mol. The van der Waals surface area contributed by atoms with E-state index in [9.17, 15) is 0 Å². The van der Waals surface area contributed by atoms with E-state index in [1.807, 2.05) is 44.4 Å². The molecule has 112 valence electrons. The minimum Gasteiger partial charge on any atom is -0.370 e. The summed E-state index contributed by atoms with van der Waals surface area (Å²) in [6.07, 6.45) is 0. The van der Waals surface area contributed by atoms with E-state index >= 15 is 0 Å². The molecule has 2 rings (SSSR count). The Kier molecular flexibility index (Phi) is 5.51. The minimum absolute atomic E-state index is 0.237. The van der Waals surface area contributed by atoms with Crippen LogP contribution in [0.3, 0.4) is 0 Å². The first kappa shape index (κ1) is 16.2. The molecule has 1 unspecified atom stereocenters. The van der Waals surface area contributed by atoms with E-state index in [0.29, 0.717) is 0 Å². The number of benzene rings is 2. The van der Waals surface area contributed by atoms with Gasteiger partial charge in [0, 0.05) is 35.4 Å². The Labute approximate surface area is 136 Å². The molecule has 2 nitrogen and oxygen atoms in total. The number of anilines is 1. The molecule has 1 N–H and O–H groups in total. The summed E-state index contributed by atoms with van der Waals surface area (Å²) in [5.74, 6) is 0. The van der Waals surface area contributed by atoms with Gasteiger partial charge in [0.25, 0.3) is 0 Å². The lowest BCUT2D eigenvalue weighted by Gasteiger charge is -2.22. The topological polar surface area (TPSA) is 15.3 Å². The molecule has 0 radical (unpaired) electrons. The van der Waals surface area contributed by atoms with Crippen LogP contribution in [-0.4, -0.2) is 14.1 Å². The molecule has 2 aromatic carbocycles. The Bertz CT molecular complexity index is 613. The smallest absolute Gasteiger partial charge is 0.0474 e. The molecule has 0 bridgehead atoms. The maximum atomic E-state index is 6.39. The molecule has 0 aliphatic carbocycles. The lowest BCUT2D eigenvalue weighted by molar-refractivity contribution is 0.652. The van der Waals surface area contributed by atoms with E-state index in [-0.39, 0.29) is 6.04 Å². The molecule has 0 heterocycles. The summed E-state index contributed by atoms with van der Waals surface area (Å²) in [6.45, 7) is 2.84. The maximum Gasteiger partial charge on any atom is 0.0474 e. The standard InChI is InChI=1S/C17H20Cl2N2/c1-12(20-2)15-9-8-14(10-17(15)19)21(3)11-13-6-4-5-7-16(13)18/h4-10,12,20H,11H2,1-3H3. The third-order valence-electron chi connectivity index (χ3n) is 3.69. The Balaban J connectivity index is 2.18. The Morgan fingerprint density at radius 3 is 2.43 bits per heavy atom. The van der Waals surface area contributed by atoms with Crippen molar-refractivity contribution >= 4 is 28.9 Å². The van der Waals surface area contributed by atoms with Gasteiger partial charge in [-0.05, 0) is 43.3 Å². The normalized spacial score (nSPS) is 12.2. The zero-order valence-electron chi connectivity index (χ0n) is 12.5. The fraction of sp³-hybridized carbons (Fsp3) is 0.294. The van der Waals surface area contributed by atoms with Crippen LogP contribution in [0.1, 0.15) is 24.1 Å². The first-order chi connectivity index (χ1) is 10.0. The van der Waals surface area contributed by atoms with Crippen LogP contribution in [0.4, 0.5) is 5.69 Å². The summed E-state index contributed by atoms with van der Waals surface area (Å²) in [6, 6.07) is 14.3. The van der Waals surface area contributed by atoms with Crippen LogP contribution in [0, 0.1) is 0 Å². The van der Waals surface area contributed by atoms with Gasteiger partial charge in [-0.2, -0.15) is 0 Å². The fourth-order valence-corrected chi connectivity index (χ4v) is 2.77. The molecule has 2 aromatic rings. The van der Waals surface area contributed by atoms with Crippen molar-refractivity contribution in [3.05, 3.63) is 63.6 Å². The van der Waals surface area contributed by atoms with Gasteiger partial charge in [0.05, 0.1) is 0 Å². The fourth-order valence-electron chi connectivity index (χ4n) is 2.23. The van der Waals surface area contributed by atoms with E-state index < -0.39 is 0 Å². The monoisotopic (exact) mass is 322 g/mol. The van der Waals surface area contributed by atoms with Crippen LogP contribution < -0.4 is 10.2 Å². The summed E-state index contributed by atoms with van der Waals surface area (Å²) >= 11 is 12.6. The number of hydrogen-bond acceptors (Lipinski definition) is 2. The number of hydrogen-bond donors (Lipinski definition) is 1. The van der Waals surface area contributed by atoms with Crippen LogP contribution in [0.25, 0.3) is 0 Å². The molecule has 0 aliphatic rings. The van der Waals surface area contributed by atoms with E-state index in [1.165, 1.54) is 0 Å². The van der Waals surface area contributed by atoms with Crippen LogP contribution in [0.15, 0.2) is 42.5 Å². The van der Waals surface area contributed by atoms with Crippen LogP contribution in [0.2, 0.25) is 10.0 Å². The van der Waals surface area contributed by atoms with Crippen molar-refractivity contribution in [2.24, 2.45) is 0 Å².